The number of hydrogen-bond acceptors (Lipinski definition) is 7. The van der Waals surface area contributed by atoms with Crippen LogP contribution in [0.4, 0.5) is 0 Å². The highest BCUT2D eigenvalue weighted by Gasteiger charge is 2.58. The number of nitrogens with one attached hydrogen (secondary N) is 1. The van der Waals surface area contributed by atoms with Gasteiger partial charge >= 0.3 is 0 Å². The highest BCUT2D eigenvalue weighted by atomic mass is 16.5. The van der Waals surface area contributed by atoms with Crippen molar-refractivity contribution in [2.75, 3.05) is 40.6 Å². The summed E-state index contributed by atoms with van der Waals surface area (Å²) >= 11 is 0. The minimum Gasteiger partial charge on any atom is -0.493 e. The van der Waals surface area contributed by atoms with E-state index in [0.29, 0.717) is 50.2 Å². The molecule has 0 aromatic heterocycles. The summed E-state index contributed by atoms with van der Waals surface area (Å²) in [7, 11) is 3.32. The van der Waals surface area contributed by atoms with E-state index in [1.807, 2.05) is 26.0 Å². The standard InChI is InChI=1S/C31H52N2O6/c1-20(2)23(14-22-8-9-28(37-6)29(15-22)38-12-7-11-36-5)16-26(32)27(34)17-25(21(3)4)30(35)33-19-31-18-24(31)10-13-39-31/h8-9,15,20-21,23-27,34H,7,10-14,16-19,32H2,1-6H3,(H,33,35)/t23-,24+,25-,26-,27-,31+/m0/s1. The van der Waals surface area contributed by atoms with Gasteiger partial charge in [-0.1, -0.05) is 33.8 Å². The number of hydrogen-bond donors (Lipinski definition) is 3. The lowest BCUT2D eigenvalue weighted by Crippen LogP contribution is -2.44. The molecule has 0 spiro atoms. The smallest absolute Gasteiger partial charge is 0.223 e. The van der Waals surface area contributed by atoms with Crippen LogP contribution < -0.4 is 20.5 Å². The summed E-state index contributed by atoms with van der Waals surface area (Å²) < 4.78 is 22.5. The molecule has 8 nitrogen and oxygen atoms in total. The second-order valence-corrected chi connectivity index (χ2v) is 12.3. The van der Waals surface area contributed by atoms with E-state index < -0.39 is 12.1 Å². The molecule has 1 saturated heterocycles. The number of benzene rings is 1. The Bertz CT molecular complexity index is 909. The number of carbonyl (C=O) groups is 1. The SMILES string of the molecule is COCCCOc1cc(C[C@@H](C[C@H](N)[C@@H](O)C[C@H](C(=O)NC[C@]23C[C@H]2CCO3)C(C)C)C(C)C)ccc1OC. The number of rotatable bonds is 18. The van der Waals surface area contributed by atoms with Gasteiger partial charge in [0.25, 0.3) is 0 Å². The number of amides is 1. The molecular weight excluding hydrogens is 496 g/mol. The van der Waals surface area contributed by atoms with Crippen LogP contribution in [0.15, 0.2) is 18.2 Å². The van der Waals surface area contributed by atoms with Crippen molar-refractivity contribution in [1.29, 1.82) is 0 Å². The second-order valence-electron chi connectivity index (χ2n) is 12.3. The topological polar surface area (TPSA) is 112 Å². The van der Waals surface area contributed by atoms with Gasteiger partial charge in [0.15, 0.2) is 11.5 Å². The second kappa shape index (κ2) is 14.7. The van der Waals surface area contributed by atoms with Crippen LogP contribution in [-0.4, -0.2) is 69.3 Å². The van der Waals surface area contributed by atoms with Crippen LogP contribution >= 0.6 is 0 Å². The van der Waals surface area contributed by atoms with Crippen LogP contribution in [0.25, 0.3) is 0 Å². The zero-order valence-electron chi connectivity index (χ0n) is 24.9. The molecule has 1 amide bonds. The first kappa shape index (κ1) is 31.7. The van der Waals surface area contributed by atoms with E-state index in [1.165, 1.54) is 0 Å². The maximum Gasteiger partial charge on any atom is 0.223 e. The van der Waals surface area contributed by atoms with Crippen molar-refractivity contribution in [3.8, 4) is 11.5 Å². The molecule has 0 bridgehead atoms. The summed E-state index contributed by atoms with van der Waals surface area (Å²) in [5.41, 5.74) is 7.58. The number of fused-ring (bicyclic) bond motifs is 1. The van der Waals surface area contributed by atoms with E-state index in [9.17, 15) is 9.90 Å². The normalized spacial score (nSPS) is 23.3. The Morgan fingerprint density at radius 2 is 1.92 bits per heavy atom. The Kier molecular flexibility index (Phi) is 11.9. The van der Waals surface area contributed by atoms with Gasteiger partial charge in [0.1, 0.15) is 0 Å². The minimum absolute atomic E-state index is 0.0107. The number of aliphatic hydroxyl groups excluding tert-OH is 1. The number of carbonyl (C=O) groups excluding carboxylic acids is 1. The molecule has 2 aliphatic rings. The number of nitrogens with two attached hydrogens (primary N) is 1. The van der Waals surface area contributed by atoms with Crippen LogP contribution in [0.1, 0.15) is 65.4 Å². The number of aliphatic hydroxyl groups is 1. The van der Waals surface area contributed by atoms with Crippen molar-refractivity contribution in [2.45, 2.75) is 84.0 Å². The molecule has 4 N–H and O–H groups in total. The predicted octanol–water partition coefficient (Wildman–Crippen LogP) is 3.96. The largest absolute Gasteiger partial charge is 0.493 e. The van der Waals surface area contributed by atoms with Crippen LogP contribution in [0, 0.1) is 29.6 Å². The quantitative estimate of drug-likeness (QED) is 0.238. The third-order valence-electron chi connectivity index (χ3n) is 8.72. The Morgan fingerprint density at radius 3 is 2.51 bits per heavy atom. The Hall–Kier alpha value is -1.87. The van der Waals surface area contributed by atoms with E-state index >= 15 is 0 Å². The van der Waals surface area contributed by atoms with Crippen molar-refractivity contribution in [1.82, 2.24) is 5.32 Å². The molecule has 39 heavy (non-hydrogen) atoms. The van der Waals surface area contributed by atoms with Crippen molar-refractivity contribution < 1.29 is 28.8 Å². The van der Waals surface area contributed by atoms with E-state index in [2.05, 4.69) is 25.2 Å². The molecule has 6 atom stereocenters. The molecule has 222 valence electrons. The summed E-state index contributed by atoms with van der Waals surface area (Å²) in [5.74, 6) is 2.46. The lowest BCUT2D eigenvalue weighted by Gasteiger charge is -2.30. The van der Waals surface area contributed by atoms with Gasteiger partial charge in [-0.15, -0.1) is 0 Å². The van der Waals surface area contributed by atoms with Gasteiger partial charge in [-0.05, 0) is 73.5 Å². The summed E-state index contributed by atoms with van der Waals surface area (Å²) in [5, 5.41) is 14.2. The highest BCUT2D eigenvalue weighted by Crippen LogP contribution is 2.53. The van der Waals surface area contributed by atoms with Gasteiger partial charge in [-0.25, -0.2) is 0 Å². The molecule has 1 aromatic carbocycles. The van der Waals surface area contributed by atoms with Crippen LogP contribution in [0.3, 0.4) is 0 Å². The van der Waals surface area contributed by atoms with E-state index in [1.54, 1.807) is 14.2 Å². The zero-order chi connectivity index (χ0) is 28.6. The van der Waals surface area contributed by atoms with Gasteiger partial charge in [0.05, 0.1) is 25.4 Å². The number of ether oxygens (including phenoxy) is 4. The molecular formula is C31H52N2O6. The van der Waals surface area contributed by atoms with Gasteiger partial charge < -0.3 is 35.1 Å². The number of methoxy groups -OCH3 is 2. The maximum atomic E-state index is 13.1. The summed E-state index contributed by atoms with van der Waals surface area (Å²) in [6.45, 7) is 11.0. The molecule has 1 aromatic rings. The van der Waals surface area contributed by atoms with Crippen LogP contribution in [-0.2, 0) is 20.7 Å². The molecule has 1 heterocycles. The van der Waals surface area contributed by atoms with E-state index in [0.717, 1.165) is 43.6 Å². The third-order valence-corrected chi connectivity index (χ3v) is 8.72. The van der Waals surface area contributed by atoms with Crippen LogP contribution in [0.2, 0.25) is 0 Å². The summed E-state index contributed by atoms with van der Waals surface area (Å²) in [6, 6.07) is 5.63. The molecule has 1 aliphatic carbocycles. The molecule has 0 radical (unpaired) electrons. The molecule has 0 unspecified atom stereocenters. The molecule has 1 aliphatic heterocycles. The fourth-order valence-corrected chi connectivity index (χ4v) is 5.80. The molecule has 8 heteroatoms. The Balaban J connectivity index is 1.56. The van der Waals surface area contributed by atoms with Crippen LogP contribution in [0.5, 0.6) is 11.5 Å². The lowest BCUT2D eigenvalue weighted by molar-refractivity contribution is -0.128. The maximum absolute atomic E-state index is 13.1. The van der Waals surface area contributed by atoms with Gasteiger partial charge in [0, 0.05) is 45.2 Å². The van der Waals surface area contributed by atoms with E-state index in [-0.39, 0.29) is 29.3 Å². The van der Waals surface area contributed by atoms with Crippen molar-refractivity contribution in [2.24, 2.45) is 35.3 Å². The first-order valence-corrected chi connectivity index (χ1v) is 14.7. The minimum atomic E-state index is -0.755. The van der Waals surface area contributed by atoms with Crippen molar-refractivity contribution in [3.05, 3.63) is 23.8 Å². The van der Waals surface area contributed by atoms with Crippen molar-refractivity contribution >= 4 is 5.91 Å². The van der Waals surface area contributed by atoms with Gasteiger partial charge in [-0.2, -0.15) is 0 Å². The Morgan fingerprint density at radius 1 is 1.15 bits per heavy atom. The fourth-order valence-electron chi connectivity index (χ4n) is 5.80. The van der Waals surface area contributed by atoms with Crippen molar-refractivity contribution in [3.63, 3.8) is 0 Å². The van der Waals surface area contributed by atoms with Gasteiger partial charge in [0.2, 0.25) is 5.91 Å². The fraction of sp³-hybridized carbons (Fsp3) is 0.774. The first-order valence-electron chi connectivity index (χ1n) is 14.7. The third kappa shape index (κ3) is 8.81. The summed E-state index contributed by atoms with van der Waals surface area (Å²) in [4.78, 5) is 13.1. The summed E-state index contributed by atoms with van der Waals surface area (Å²) in [6.07, 6.45) is 4.01. The monoisotopic (exact) mass is 548 g/mol. The van der Waals surface area contributed by atoms with E-state index in [4.69, 9.17) is 24.7 Å². The molecule has 2 fully saturated rings. The zero-order valence-corrected chi connectivity index (χ0v) is 24.9. The molecule has 1 saturated carbocycles. The average molecular weight is 549 g/mol. The molecule has 3 rings (SSSR count). The average Bonchev–Trinajstić information content (AvgIpc) is 3.45. The Labute approximate surface area is 235 Å². The lowest BCUT2D eigenvalue weighted by atomic mass is 9.81. The first-order chi connectivity index (χ1) is 18.6. The predicted molar refractivity (Wildman–Crippen MR) is 153 cm³/mol. The highest BCUT2D eigenvalue weighted by molar-refractivity contribution is 5.79. The van der Waals surface area contributed by atoms with Gasteiger partial charge in [-0.3, -0.25) is 4.79 Å².